The summed E-state index contributed by atoms with van der Waals surface area (Å²) in [6.45, 7) is 6.60. The lowest BCUT2D eigenvalue weighted by molar-refractivity contribution is -0.140. The van der Waals surface area contributed by atoms with Crippen molar-refractivity contribution in [2.45, 2.75) is 59.0 Å². The van der Waals surface area contributed by atoms with Crippen LogP contribution in [0.25, 0.3) is 0 Å². The first-order chi connectivity index (χ1) is 14.4. The number of amides is 2. The molecule has 6 heteroatoms. The molecule has 1 atom stereocenters. The summed E-state index contributed by atoms with van der Waals surface area (Å²) in [7, 11) is 0. The molecule has 0 aliphatic heterocycles. The summed E-state index contributed by atoms with van der Waals surface area (Å²) in [4.78, 5) is 27.3. The minimum Gasteiger partial charge on any atom is -0.354 e. The standard InChI is InChI=1S/C24H30Cl2N2O2/c1-4-15-27-24(30)17(3)28(16-20-21(25)7-6-8-22(20)26)23(29)14-13-19-11-9-18(5-2)10-12-19/h6-12,17H,4-5,13-16H2,1-3H3,(H,27,30)/t17-/m0/s1. The predicted octanol–water partition coefficient (Wildman–Crippen LogP) is 5.43. The third-order valence-corrected chi connectivity index (χ3v) is 5.87. The monoisotopic (exact) mass is 448 g/mol. The maximum Gasteiger partial charge on any atom is 0.242 e. The predicted molar refractivity (Wildman–Crippen MR) is 124 cm³/mol. The first-order valence-corrected chi connectivity index (χ1v) is 11.2. The molecule has 0 radical (unpaired) electrons. The van der Waals surface area contributed by atoms with Crippen molar-refractivity contribution in [3.63, 3.8) is 0 Å². The van der Waals surface area contributed by atoms with Crippen LogP contribution < -0.4 is 5.32 Å². The van der Waals surface area contributed by atoms with Crippen molar-refractivity contribution in [2.75, 3.05) is 6.54 Å². The number of hydrogen-bond acceptors (Lipinski definition) is 2. The molecule has 0 aliphatic rings. The van der Waals surface area contributed by atoms with Gasteiger partial charge in [0.1, 0.15) is 6.04 Å². The summed E-state index contributed by atoms with van der Waals surface area (Å²) in [5.41, 5.74) is 3.01. The quantitative estimate of drug-likeness (QED) is 0.526. The molecule has 0 aromatic heterocycles. The molecule has 162 valence electrons. The van der Waals surface area contributed by atoms with Gasteiger partial charge in [0.2, 0.25) is 11.8 Å². The normalized spacial score (nSPS) is 11.8. The second-order valence-electron chi connectivity index (χ2n) is 7.36. The maximum absolute atomic E-state index is 13.1. The number of benzene rings is 2. The number of halogens is 2. The first kappa shape index (κ1) is 24.2. The van der Waals surface area contributed by atoms with E-state index in [9.17, 15) is 9.59 Å². The van der Waals surface area contributed by atoms with Gasteiger partial charge in [-0.25, -0.2) is 0 Å². The number of rotatable bonds is 10. The van der Waals surface area contributed by atoms with Crippen LogP contribution in [0.2, 0.25) is 10.0 Å². The summed E-state index contributed by atoms with van der Waals surface area (Å²) < 4.78 is 0. The van der Waals surface area contributed by atoms with Gasteiger partial charge >= 0.3 is 0 Å². The van der Waals surface area contributed by atoms with E-state index >= 15 is 0 Å². The van der Waals surface area contributed by atoms with Gasteiger partial charge in [-0.05, 0) is 49.4 Å². The lowest BCUT2D eigenvalue weighted by Gasteiger charge is -2.29. The number of aryl methyl sites for hydroxylation is 2. The zero-order valence-electron chi connectivity index (χ0n) is 17.9. The minimum atomic E-state index is -0.626. The van der Waals surface area contributed by atoms with E-state index in [1.807, 2.05) is 6.92 Å². The van der Waals surface area contributed by atoms with E-state index in [1.165, 1.54) is 5.56 Å². The highest BCUT2D eigenvalue weighted by Gasteiger charge is 2.27. The Morgan fingerprint density at radius 1 is 1.00 bits per heavy atom. The first-order valence-electron chi connectivity index (χ1n) is 10.4. The zero-order valence-corrected chi connectivity index (χ0v) is 19.4. The van der Waals surface area contributed by atoms with Crippen LogP contribution in [0.5, 0.6) is 0 Å². The molecule has 2 rings (SSSR count). The van der Waals surface area contributed by atoms with Gasteiger partial charge in [0.25, 0.3) is 0 Å². The molecule has 30 heavy (non-hydrogen) atoms. The molecule has 0 aliphatic carbocycles. The number of nitrogens with one attached hydrogen (secondary N) is 1. The Balaban J connectivity index is 2.18. The summed E-state index contributed by atoms with van der Waals surface area (Å²) >= 11 is 12.6. The van der Waals surface area contributed by atoms with E-state index in [2.05, 4.69) is 36.5 Å². The molecule has 0 unspecified atom stereocenters. The molecule has 2 aromatic rings. The lowest BCUT2D eigenvalue weighted by Crippen LogP contribution is -2.47. The van der Waals surface area contributed by atoms with Crippen molar-refractivity contribution in [3.8, 4) is 0 Å². The summed E-state index contributed by atoms with van der Waals surface area (Å²) in [6.07, 6.45) is 2.73. The number of carbonyl (C=O) groups excluding carboxylic acids is 2. The molecule has 0 saturated heterocycles. The molecule has 1 N–H and O–H groups in total. The van der Waals surface area contributed by atoms with Crippen molar-refractivity contribution < 1.29 is 9.59 Å². The van der Waals surface area contributed by atoms with Gasteiger partial charge in [-0.2, -0.15) is 0 Å². The number of nitrogens with zero attached hydrogens (tertiary/aromatic N) is 1. The molecule has 0 heterocycles. The van der Waals surface area contributed by atoms with Crippen LogP contribution in [0, 0.1) is 0 Å². The van der Waals surface area contributed by atoms with Crippen LogP contribution >= 0.6 is 23.2 Å². The Morgan fingerprint density at radius 3 is 2.17 bits per heavy atom. The highest BCUT2D eigenvalue weighted by molar-refractivity contribution is 6.36. The van der Waals surface area contributed by atoms with E-state index in [1.54, 1.807) is 30.0 Å². The van der Waals surface area contributed by atoms with Crippen LogP contribution in [0.1, 0.15) is 50.3 Å². The van der Waals surface area contributed by atoms with E-state index in [0.29, 0.717) is 35.0 Å². The lowest BCUT2D eigenvalue weighted by atomic mass is 10.0. The van der Waals surface area contributed by atoms with E-state index in [4.69, 9.17) is 23.2 Å². The van der Waals surface area contributed by atoms with Gasteiger partial charge in [0.05, 0.1) is 0 Å². The summed E-state index contributed by atoms with van der Waals surface area (Å²) in [5, 5.41) is 3.84. The van der Waals surface area contributed by atoms with Gasteiger partial charge in [-0.3, -0.25) is 9.59 Å². The largest absolute Gasteiger partial charge is 0.354 e. The van der Waals surface area contributed by atoms with Crippen molar-refractivity contribution >= 4 is 35.0 Å². The van der Waals surface area contributed by atoms with Gasteiger partial charge in [-0.1, -0.05) is 67.4 Å². The minimum absolute atomic E-state index is 0.107. The average Bonchev–Trinajstić information content (AvgIpc) is 2.75. The van der Waals surface area contributed by atoms with Crippen LogP contribution in [-0.4, -0.2) is 29.3 Å². The third-order valence-electron chi connectivity index (χ3n) is 5.17. The number of carbonyl (C=O) groups is 2. The van der Waals surface area contributed by atoms with Gasteiger partial charge < -0.3 is 10.2 Å². The Kier molecular flexibility index (Phi) is 9.67. The Morgan fingerprint density at radius 2 is 1.60 bits per heavy atom. The van der Waals surface area contributed by atoms with Gasteiger partial charge in [0, 0.05) is 35.1 Å². The summed E-state index contributed by atoms with van der Waals surface area (Å²) in [6, 6.07) is 12.9. The zero-order chi connectivity index (χ0) is 22.1. The average molecular weight is 449 g/mol. The van der Waals surface area contributed by atoms with Gasteiger partial charge in [-0.15, -0.1) is 0 Å². The molecule has 0 fully saturated rings. The maximum atomic E-state index is 13.1. The molecule has 2 aromatic carbocycles. The highest BCUT2D eigenvalue weighted by atomic mass is 35.5. The highest BCUT2D eigenvalue weighted by Crippen LogP contribution is 2.27. The molecule has 4 nitrogen and oxygen atoms in total. The fourth-order valence-electron chi connectivity index (χ4n) is 3.17. The molecule has 2 amide bonds. The topological polar surface area (TPSA) is 49.4 Å². The second-order valence-corrected chi connectivity index (χ2v) is 8.17. The molecular weight excluding hydrogens is 419 g/mol. The summed E-state index contributed by atoms with van der Waals surface area (Å²) in [5.74, 6) is -0.287. The second kappa shape index (κ2) is 12.0. The third kappa shape index (κ3) is 6.75. The van der Waals surface area contributed by atoms with Crippen molar-refractivity contribution in [1.82, 2.24) is 10.2 Å². The van der Waals surface area contributed by atoms with Crippen LogP contribution in [0.15, 0.2) is 42.5 Å². The van der Waals surface area contributed by atoms with E-state index < -0.39 is 6.04 Å². The van der Waals surface area contributed by atoms with Crippen LogP contribution in [0.3, 0.4) is 0 Å². The number of hydrogen-bond donors (Lipinski definition) is 1. The Bertz CT molecular complexity index is 833. The fraction of sp³-hybridized carbons (Fsp3) is 0.417. The van der Waals surface area contributed by atoms with Crippen molar-refractivity contribution in [3.05, 3.63) is 69.2 Å². The van der Waals surface area contributed by atoms with Crippen molar-refractivity contribution in [2.24, 2.45) is 0 Å². The Labute approximate surface area is 189 Å². The molecule has 0 saturated carbocycles. The Hall–Kier alpha value is -2.04. The van der Waals surface area contributed by atoms with Crippen LogP contribution in [-0.2, 0) is 29.0 Å². The van der Waals surface area contributed by atoms with Crippen LogP contribution in [0.4, 0.5) is 0 Å². The molecule has 0 bridgehead atoms. The van der Waals surface area contributed by atoms with Gasteiger partial charge in [0.15, 0.2) is 0 Å². The van der Waals surface area contributed by atoms with Crippen molar-refractivity contribution in [1.29, 1.82) is 0 Å². The fourth-order valence-corrected chi connectivity index (χ4v) is 3.69. The van der Waals surface area contributed by atoms with E-state index in [-0.39, 0.29) is 18.4 Å². The smallest absolute Gasteiger partial charge is 0.242 e. The molecule has 0 spiro atoms. The SMILES string of the molecule is CCCNC(=O)[C@H](C)N(Cc1c(Cl)cccc1Cl)C(=O)CCc1ccc(CC)cc1. The van der Waals surface area contributed by atoms with E-state index in [0.717, 1.165) is 18.4 Å². The molecular formula is C24H30Cl2N2O2.